The molecule has 0 atom stereocenters. The number of nitrogens with zero attached hydrogens (tertiary/aromatic N) is 2. The van der Waals surface area contributed by atoms with Gasteiger partial charge < -0.3 is 15.0 Å². The fourth-order valence-corrected chi connectivity index (χ4v) is 3.32. The van der Waals surface area contributed by atoms with Crippen LogP contribution in [0.1, 0.15) is 29.3 Å². The Morgan fingerprint density at radius 1 is 1.06 bits per heavy atom. The Morgan fingerprint density at radius 2 is 1.81 bits per heavy atom. The second kappa shape index (κ2) is 10.6. The quantitative estimate of drug-likeness (QED) is 0.533. The summed E-state index contributed by atoms with van der Waals surface area (Å²) in [6.07, 6.45) is 3.28. The molecule has 0 aliphatic carbocycles. The minimum absolute atomic E-state index is 0.0616. The van der Waals surface area contributed by atoms with Crippen molar-refractivity contribution >= 4 is 34.7 Å². The largest absolute Gasteiger partial charge is 0.497 e. The summed E-state index contributed by atoms with van der Waals surface area (Å²) in [6, 6.07) is 17.6. The molecule has 6 nitrogen and oxygen atoms in total. The van der Waals surface area contributed by atoms with Crippen LogP contribution in [0.4, 0.5) is 5.69 Å². The van der Waals surface area contributed by atoms with E-state index in [4.69, 9.17) is 16.3 Å². The van der Waals surface area contributed by atoms with E-state index in [0.717, 1.165) is 5.56 Å². The Balaban J connectivity index is 1.95. The molecule has 32 heavy (non-hydrogen) atoms. The second-order valence-electron chi connectivity index (χ2n) is 7.13. The standard InChI is InChI=1S/C25H24ClN3O3/c1-17(29(2)25(31)18-9-11-20(26)12-10-18)23(19-6-4-8-22(14-19)32-3)15-24(30)28-21-7-5-13-27-16-21/h4-14,16H,15H2,1-3H3,(H,28,30). The first-order chi connectivity index (χ1) is 15.4. The number of hydrogen-bond donors (Lipinski definition) is 1. The Bertz CT molecular complexity index is 1130. The van der Waals surface area contributed by atoms with E-state index in [9.17, 15) is 9.59 Å². The average molecular weight is 450 g/mol. The van der Waals surface area contributed by atoms with Crippen LogP contribution < -0.4 is 10.1 Å². The van der Waals surface area contributed by atoms with E-state index in [-0.39, 0.29) is 18.2 Å². The van der Waals surface area contributed by atoms with Crippen LogP contribution in [-0.4, -0.2) is 35.9 Å². The molecule has 1 aromatic heterocycles. The van der Waals surface area contributed by atoms with Crippen LogP contribution in [0.3, 0.4) is 0 Å². The van der Waals surface area contributed by atoms with Gasteiger partial charge in [0.1, 0.15) is 5.75 Å². The molecular weight excluding hydrogens is 426 g/mol. The van der Waals surface area contributed by atoms with Gasteiger partial charge >= 0.3 is 0 Å². The normalized spacial score (nSPS) is 11.4. The van der Waals surface area contributed by atoms with E-state index < -0.39 is 0 Å². The molecule has 2 amide bonds. The predicted molar refractivity (Wildman–Crippen MR) is 127 cm³/mol. The van der Waals surface area contributed by atoms with Gasteiger partial charge in [-0.2, -0.15) is 0 Å². The van der Waals surface area contributed by atoms with Crippen molar-refractivity contribution < 1.29 is 14.3 Å². The number of anilines is 1. The first kappa shape index (κ1) is 23.0. The lowest BCUT2D eigenvalue weighted by Crippen LogP contribution is -2.26. The molecule has 0 aliphatic heterocycles. The number of rotatable bonds is 7. The summed E-state index contributed by atoms with van der Waals surface area (Å²) in [6.45, 7) is 1.82. The van der Waals surface area contributed by atoms with Gasteiger partial charge in [-0.25, -0.2) is 0 Å². The summed E-state index contributed by atoms with van der Waals surface area (Å²) in [5, 5.41) is 3.40. The van der Waals surface area contributed by atoms with Crippen molar-refractivity contribution in [2.75, 3.05) is 19.5 Å². The molecule has 1 heterocycles. The summed E-state index contributed by atoms with van der Waals surface area (Å²) >= 11 is 5.95. The van der Waals surface area contributed by atoms with Gasteiger partial charge in [0.05, 0.1) is 25.4 Å². The predicted octanol–water partition coefficient (Wildman–Crippen LogP) is 5.28. The monoisotopic (exact) mass is 449 g/mol. The van der Waals surface area contributed by atoms with Crippen LogP contribution in [0.25, 0.3) is 5.57 Å². The highest BCUT2D eigenvalue weighted by Crippen LogP contribution is 2.28. The average Bonchev–Trinajstić information content (AvgIpc) is 2.82. The number of aromatic nitrogens is 1. The smallest absolute Gasteiger partial charge is 0.257 e. The number of carbonyl (C=O) groups is 2. The molecule has 164 valence electrons. The van der Waals surface area contributed by atoms with E-state index in [2.05, 4.69) is 10.3 Å². The Morgan fingerprint density at radius 3 is 2.47 bits per heavy atom. The van der Waals surface area contributed by atoms with Gasteiger partial charge in [-0.1, -0.05) is 23.7 Å². The van der Waals surface area contributed by atoms with Gasteiger partial charge in [0, 0.05) is 29.5 Å². The Labute approximate surface area is 192 Å². The SMILES string of the molecule is COc1cccc(C(CC(=O)Nc2cccnc2)=C(C)N(C)C(=O)c2ccc(Cl)cc2)c1. The lowest BCUT2D eigenvalue weighted by molar-refractivity contribution is -0.115. The molecular formula is C25H24ClN3O3. The van der Waals surface area contributed by atoms with Crippen molar-refractivity contribution in [3.63, 3.8) is 0 Å². The highest BCUT2D eigenvalue weighted by atomic mass is 35.5. The van der Waals surface area contributed by atoms with Crippen LogP contribution in [0, 0.1) is 0 Å². The molecule has 0 saturated heterocycles. The van der Waals surface area contributed by atoms with E-state index in [1.807, 2.05) is 31.2 Å². The number of ether oxygens (including phenoxy) is 1. The molecule has 0 saturated carbocycles. The van der Waals surface area contributed by atoms with Crippen molar-refractivity contribution in [2.24, 2.45) is 0 Å². The maximum atomic E-state index is 13.0. The van der Waals surface area contributed by atoms with Crippen molar-refractivity contribution in [2.45, 2.75) is 13.3 Å². The molecule has 0 spiro atoms. The van der Waals surface area contributed by atoms with Crippen LogP contribution >= 0.6 is 11.6 Å². The van der Waals surface area contributed by atoms with Gasteiger partial charge in [-0.15, -0.1) is 0 Å². The fraction of sp³-hybridized carbons (Fsp3) is 0.160. The van der Waals surface area contributed by atoms with Crippen molar-refractivity contribution in [1.82, 2.24) is 9.88 Å². The highest BCUT2D eigenvalue weighted by Gasteiger charge is 2.19. The van der Waals surface area contributed by atoms with Crippen molar-refractivity contribution in [3.05, 3.63) is 94.9 Å². The number of pyridine rings is 1. The number of benzene rings is 2. The maximum absolute atomic E-state index is 13.0. The Kier molecular flexibility index (Phi) is 7.63. The zero-order valence-corrected chi connectivity index (χ0v) is 18.9. The molecule has 7 heteroatoms. The molecule has 3 aromatic rings. The molecule has 0 fully saturated rings. The van der Waals surface area contributed by atoms with Crippen molar-refractivity contribution in [3.8, 4) is 5.75 Å². The summed E-state index contributed by atoms with van der Waals surface area (Å²) in [5.41, 5.74) is 3.25. The number of amides is 2. The van der Waals surface area contributed by atoms with Crippen LogP contribution in [-0.2, 0) is 4.79 Å². The molecule has 0 aliphatic rings. The van der Waals surface area contributed by atoms with Crippen LogP contribution in [0.2, 0.25) is 5.02 Å². The first-order valence-electron chi connectivity index (χ1n) is 9.96. The molecule has 0 unspecified atom stereocenters. The fourth-order valence-electron chi connectivity index (χ4n) is 3.19. The van der Waals surface area contributed by atoms with Gasteiger partial charge in [-0.3, -0.25) is 14.6 Å². The number of carbonyl (C=O) groups excluding carboxylic acids is 2. The molecule has 2 aromatic carbocycles. The number of methoxy groups -OCH3 is 1. The van der Waals surface area contributed by atoms with Gasteiger partial charge in [0.15, 0.2) is 0 Å². The molecule has 0 radical (unpaired) electrons. The third kappa shape index (κ3) is 5.74. The topological polar surface area (TPSA) is 71.5 Å². The van der Waals surface area contributed by atoms with Gasteiger partial charge in [0.2, 0.25) is 5.91 Å². The summed E-state index contributed by atoms with van der Waals surface area (Å²) in [7, 11) is 3.27. The summed E-state index contributed by atoms with van der Waals surface area (Å²) < 4.78 is 5.35. The molecule has 3 rings (SSSR count). The summed E-state index contributed by atoms with van der Waals surface area (Å²) in [5.74, 6) is 0.238. The summed E-state index contributed by atoms with van der Waals surface area (Å²) in [4.78, 5) is 31.4. The molecule has 0 bridgehead atoms. The highest BCUT2D eigenvalue weighted by molar-refractivity contribution is 6.30. The number of allylic oxidation sites excluding steroid dienone is 1. The second-order valence-corrected chi connectivity index (χ2v) is 7.57. The number of halogens is 1. The first-order valence-corrected chi connectivity index (χ1v) is 10.3. The third-order valence-electron chi connectivity index (χ3n) is 5.04. The minimum Gasteiger partial charge on any atom is -0.497 e. The maximum Gasteiger partial charge on any atom is 0.257 e. The van der Waals surface area contributed by atoms with Gasteiger partial charge in [-0.05, 0) is 66.6 Å². The zero-order chi connectivity index (χ0) is 23.1. The van der Waals surface area contributed by atoms with Crippen molar-refractivity contribution in [1.29, 1.82) is 0 Å². The zero-order valence-electron chi connectivity index (χ0n) is 18.1. The van der Waals surface area contributed by atoms with E-state index in [1.165, 1.54) is 4.90 Å². The lowest BCUT2D eigenvalue weighted by Gasteiger charge is -2.23. The Hall–Kier alpha value is -3.64. The van der Waals surface area contributed by atoms with Crippen LogP contribution in [0.15, 0.2) is 78.8 Å². The lowest BCUT2D eigenvalue weighted by atomic mass is 9.99. The van der Waals surface area contributed by atoms with E-state index in [0.29, 0.717) is 33.3 Å². The number of hydrogen-bond acceptors (Lipinski definition) is 4. The van der Waals surface area contributed by atoms with E-state index >= 15 is 0 Å². The van der Waals surface area contributed by atoms with Gasteiger partial charge in [0.25, 0.3) is 5.91 Å². The van der Waals surface area contributed by atoms with Crippen LogP contribution in [0.5, 0.6) is 5.75 Å². The van der Waals surface area contributed by atoms with E-state index in [1.54, 1.807) is 62.9 Å². The number of nitrogens with one attached hydrogen (secondary N) is 1. The minimum atomic E-state index is -0.220. The third-order valence-corrected chi connectivity index (χ3v) is 5.29. The molecule has 1 N–H and O–H groups in total.